The monoisotopic (exact) mass is 433 g/mol. The highest BCUT2D eigenvalue weighted by atomic mass is 16.2. The number of benzene rings is 2. The molecule has 2 aromatic carbocycles. The lowest BCUT2D eigenvalue weighted by Gasteiger charge is -2.18. The van der Waals surface area contributed by atoms with Crippen LogP contribution in [0.5, 0.6) is 0 Å². The van der Waals surface area contributed by atoms with Gasteiger partial charge in [0.05, 0.1) is 28.4 Å². The molecule has 0 aliphatic heterocycles. The van der Waals surface area contributed by atoms with E-state index in [-0.39, 0.29) is 11.8 Å². The molecule has 0 atom stereocenters. The van der Waals surface area contributed by atoms with E-state index < -0.39 is 0 Å². The van der Waals surface area contributed by atoms with Gasteiger partial charge in [-0.15, -0.1) is 0 Å². The molecule has 0 aliphatic rings. The Kier molecular flexibility index (Phi) is 8.54. The van der Waals surface area contributed by atoms with Crippen LogP contribution in [0.15, 0.2) is 46.4 Å². The number of carbonyl (C=O) groups excluding carboxylic acids is 1. The molecule has 0 fully saturated rings. The second-order valence-electron chi connectivity index (χ2n) is 9.59. The van der Waals surface area contributed by atoms with Gasteiger partial charge in [0, 0.05) is 14.1 Å². The normalized spacial score (nSPS) is 12.8. The van der Waals surface area contributed by atoms with Gasteiger partial charge in [-0.2, -0.15) is 0 Å². The second kappa shape index (κ2) is 10.7. The summed E-state index contributed by atoms with van der Waals surface area (Å²) in [6, 6.07) is 12.3. The van der Waals surface area contributed by atoms with Crippen molar-refractivity contribution in [2.24, 2.45) is 9.98 Å². The molecule has 0 aromatic heterocycles. The Morgan fingerprint density at radius 3 is 1.47 bits per heavy atom. The number of amides is 1. The molecule has 0 N–H and O–H groups in total. The summed E-state index contributed by atoms with van der Waals surface area (Å²) in [4.78, 5) is 24.5. The summed E-state index contributed by atoms with van der Waals surface area (Å²) >= 11 is 0. The lowest BCUT2D eigenvalue weighted by Crippen LogP contribution is -2.22. The highest BCUT2D eigenvalue weighted by Crippen LogP contribution is 2.35. The van der Waals surface area contributed by atoms with Crippen LogP contribution in [0, 0.1) is 0 Å². The number of nitrogens with zero attached hydrogens (tertiary/aromatic N) is 3. The van der Waals surface area contributed by atoms with Gasteiger partial charge in [-0.25, -0.2) is 0 Å². The highest BCUT2D eigenvalue weighted by Gasteiger charge is 2.19. The standard InChI is InChI=1S/C28H39N3O/c1-17(2)22-13-11-14-23(18(3)4)26(22)29-20(7)21(8)30-27-24(19(5)6)15-12-16-25(27)28(32)31(9)10/h11-19H,1-10H3. The Bertz CT molecular complexity index is 1000. The predicted octanol–water partition coefficient (Wildman–Crippen LogP) is 7.64. The van der Waals surface area contributed by atoms with Crippen molar-refractivity contribution in [2.45, 2.75) is 73.1 Å². The van der Waals surface area contributed by atoms with Crippen LogP contribution < -0.4 is 0 Å². The fourth-order valence-corrected chi connectivity index (χ4v) is 3.70. The van der Waals surface area contributed by atoms with Crippen LogP contribution in [0.3, 0.4) is 0 Å². The topological polar surface area (TPSA) is 45.0 Å². The van der Waals surface area contributed by atoms with E-state index in [2.05, 4.69) is 65.8 Å². The summed E-state index contributed by atoms with van der Waals surface area (Å²) in [6.07, 6.45) is 0. The van der Waals surface area contributed by atoms with E-state index in [1.807, 2.05) is 26.0 Å². The van der Waals surface area contributed by atoms with Gasteiger partial charge in [-0.3, -0.25) is 14.8 Å². The predicted molar refractivity (Wildman–Crippen MR) is 139 cm³/mol. The molecule has 0 saturated carbocycles. The van der Waals surface area contributed by atoms with E-state index in [1.54, 1.807) is 19.0 Å². The van der Waals surface area contributed by atoms with Gasteiger partial charge in [0.2, 0.25) is 0 Å². The average Bonchev–Trinajstić information content (AvgIpc) is 2.72. The maximum absolute atomic E-state index is 12.8. The largest absolute Gasteiger partial charge is 0.345 e. The Labute approximate surface area is 194 Å². The van der Waals surface area contributed by atoms with E-state index in [0.29, 0.717) is 17.4 Å². The van der Waals surface area contributed by atoms with Gasteiger partial charge in [0.25, 0.3) is 5.91 Å². The van der Waals surface area contributed by atoms with E-state index in [1.165, 1.54) is 11.1 Å². The molecule has 32 heavy (non-hydrogen) atoms. The molecule has 0 unspecified atom stereocenters. The minimum Gasteiger partial charge on any atom is -0.345 e. The first-order chi connectivity index (χ1) is 15.0. The van der Waals surface area contributed by atoms with Crippen LogP contribution in [-0.4, -0.2) is 36.3 Å². The third-order valence-corrected chi connectivity index (χ3v) is 5.75. The van der Waals surface area contributed by atoms with Crippen molar-refractivity contribution in [2.75, 3.05) is 14.1 Å². The molecule has 0 aliphatic carbocycles. The van der Waals surface area contributed by atoms with E-state index in [9.17, 15) is 4.79 Å². The first-order valence-corrected chi connectivity index (χ1v) is 11.5. The minimum atomic E-state index is -0.0408. The third-order valence-electron chi connectivity index (χ3n) is 5.75. The molecule has 1 amide bonds. The molecule has 0 radical (unpaired) electrons. The highest BCUT2D eigenvalue weighted by molar-refractivity contribution is 6.41. The first-order valence-electron chi connectivity index (χ1n) is 11.5. The maximum Gasteiger partial charge on any atom is 0.255 e. The van der Waals surface area contributed by atoms with Crippen LogP contribution in [0.4, 0.5) is 11.4 Å². The molecular weight excluding hydrogens is 394 g/mol. The molecule has 4 nitrogen and oxygen atoms in total. The zero-order valence-electron chi connectivity index (χ0n) is 21.4. The number of carbonyl (C=O) groups is 1. The van der Waals surface area contributed by atoms with Crippen molar-refractivity contribution in [1.29, 1.82) is 0 Å². The summed E-state index contributed by atoms with van der Waals surface area (Å²) in [5.41, 5.74) is 7.65. The molecule has 172 valence electrons. The van der Waals surface area contributed by atoms with Crippen molar-refractivity contribution >= 4 is 28.7 Å². The zero-order valence-corrected chi connectivity index (χ0v) is 21.4. The van der Waals surface area contributed by atoms with Gasteiger partial charge < -0.3 is 4.90 Å². The second-order valence-corrected chi connectivity index (χ2v) is 9.59. The molecule has 0 saturated heterocycles. The molecule has 4 heteroatoms. The quantitative estimate of drug-likeness (QED) is 0.414. The number of hydrogen-bond donors (Lipinski definition) is 0. The van der Waals surface area contributed by atoms with E-state index >= 15 is 0 Å². The number of para-hydroxylation sites is 2. The van der Waals surface area contributed by atoms with Crippen molar-refractivity contribution in [3.63, 3.8) is 0 Å². The summed E-state index contributed by atoms with van der Waals surface area (Å²) in [7, 11) is 3.54. The molecule has 0 spiro atoms. The van der Waals surface area contributed by atoms with Gasteiger partial charge >= 0.3 is 0 Å². The van der Waals surface area contributed by atoms with Gasteiger partial charge in [0.1, 0.15) is 0 Å². The van der Waals surface area contributed by atoms with E-state index in [4.69, 9.17) is 9.98 Å². The van der Waals surface area contributed by atoms with Crippen molar-refractivity contribution < 1.29 is 4.79 Å². The smallest absolute Gasteiger partial charge is 0.255 e. The molecule has 0 heterocycles. The summed E-state index contributed by atoms with van der Waals surface area (Å²) in [5, 5.41) is 0. The van der Waals surface area contributed by atoms with Crippen LogP contribution in [0.2, 0.25) is 0 Å². The van der Waals surface area contributed by atoms with Crippen molar-refractivity contribution in [3.05, 3.63) is 58.7 Å². The fourth-order valence-electron chi connectivity index (χ4n) is 3.70. The number of hydrogen-bond acceptors (Lipinski definition) is 3. The van der Waals surface area contributed by atoms with Crippen LogP contribution in [0.1, 0.15) is 100 Å². The lowest BCUT2D eigenvalue weighted by molar-refractivity contribution is 0.0828. The number of aliphatic imine (C=N–C) groups is 2. The lowest BCUT2D eigenvalue weighted by atomic mass is 9.93. The van der Waals surface area contributed by atoms with Crippen LogP contribution >= 0.6 is 0 Å². The van der Waals surface area contributed by atoms with Crippen LogP contribution in [-0.2, 0) is 0 Å². The first kappa shape index (κ1) is 25.5. The third kappa shape index (κ3) is 5.73. The Balaban J connectivity index is 2.67. The summed E-state index contributed by atoms with van der Waals surface area (Å²) in [5.74, 6) is 0.968. The average molecular weight is 434 g/mol. The van der Waals surface area contributed by atoms with Gasteiger partial charge in [-0.05, 0) is 54.4 Å². The van der Waals surface area contributed by atoms with Gasteiger partial charge in [-0.1, -0.05) is 71.9 Å². The van der Waals surface area contributed by atoms with E-state index in [0.717, 1.165) is 28.4 Å². The molecular formula is C28H39N3O. The Morgan fingerprint density at radius 1 is 0.688 bits per heavy atom. The Morgan fingerprint density at radius 2 is 1.06 bits per heavy atom. The van der Waals surface area contributed by atoms with Gasteiger partial charge in [0.15, 0.2) is 0 Å². The molecule has 2 aromatic rings. The molecule has 0 bridgehead atoms. The zero-order chi connectivity index (χ0) is 24.2. The SMILES string of the molecule is CC(=Nc1c(C(=O)N(C)C)cccc1C(C)C)C(C)=Nc1c(C(C)C)cccc1C(C)C. The maximum atomic E-state index is 12.8. The van der Waals surface area contributed by atoms with Crippen molar-refractivity contribution in [3.8, 4) is 0 Å². The van der Waals surface area contributed by atoms with Crippen LogP contribution in [0.25, 0.3) is 0 Å². The summed E-state index contributed by atoms with van der Waals surface area (Å²) < 4.78 is 0. The molecule has 2 rings (SSSR count). The Hall–Kier alpha value is -2.75. The van der Waals surface area contributed by atoms with Crippen molar-refractivity contribution in [1.82, 2.24) is 4.90 Å². The fraction of sp³-hybridized carbons (Fsp3) is 0.464. The minimum absolute atomic E-state index is 0.0408. The summed E-state index contributed by atoms with van der Waals surface area (Å²) in [6.45, 7) is 17.0. The number of rotatable bonds is 7.